The van der Waals surface area contributed by atoms with E-state index in [1.807, 2.05) is 0 Å². The summed E-state index contributed by atoms with van der Waals surface area (Å²) < 4.78 is 116. The molecule has 29 heavy (non-hydrogen) atoms. The van der Waals surface area contributed by atoms with Crippen molar-refractivity contribution in [3.05, 3.63) is 34.9 Å². The van der Waals surface area contributed by atoms with E-state index in [1.54, 1.807) is 0 Å². The van der Waals surface area contributed by atoms with Crippen LogP contribution in [-0.4, -0.2) is 51.0 Å². The molecule has 11 heteroatoms. The van der Waals surface area contributed by atoms with E-state index in [-0.39, 0.29) is 18.8 Å². The summed E-state index contributed by atoms with van der Waals surface area (Å²) in [7, 11) is 0. The first kappa shape index (κ1) is 22.3. The minimum Gasteiger partial charge on any atom is -0.371 e. The topological polar surface area (TPSA) is 43.5 Å². The Balaban J connectivity index is 2.01. The van der Waals surface area contributed by atoms with Gasteiger partial charge in [0.25, 0.3) is 0 Å². The fourth-order valence-electron chi connectivity index (χ4n) is 2.70. The van der Waals surface area contributed by atoms with Crippen LogP contribution < -0.4 is 0 Å². The van der Waals surface area contributed by atoms with Gasteiger partial charge >= 0.3 is 18.2 Å². The lowest BCUT2D eigenvalue weighted by Gasteiger charge is -2.34. The standard InChI is InChI=1S/C18H19F7O4/c1-10-3-11(15(2,17(20,21)22)28-8-13-6-26-13)5-12(4-10)16(19,18(23,24)25)29-9-14-7-27-14/h3-5,13-14H,6-9H2,1-2H3. The van der Waals surface area contributed by atoms with E-state index in [9.17, 15) is 26.3 Å². The quantitative estimate of drug-likeness (QED) is 0.454. The van der Waals surface area contributed by atoms with Gasteiger partial charge in [0.1, 0.15) is 12.2 Å². The van der Waals surface area contributed by atoms with Crippen LogP contribution in [0.5, 0.6) is 0 Å². The number of benzene rings is 1. The highest BCUT2D eigenvalue weighted by atomic mass is 19.4. The largest absolute Gasteiger partial charge is 0.453 e. The second-order valence-electron chi connectivity index (χ2n) is 7.24. The number of alkyl halides is 7. The third kappa shape index (κ3) is 4.68. The predicted molar refractivity (Wildman–Crippen MR) is 84.8 cm³/mol. The first-order valence-corrected chi connectivity index (χ1v) is 8.72. The van der Waals surface area contributed by atoms with Crippen molar-refractivity contribution in [3.8, 4) is 0 Å². The van der Waals surface area contributed by atoms with Crippen molar-refractivity contribution in [2.75, 3.05) is 26.4 Å². The van der Waals surface area contributed by atoms with Crippen LogP contribution in [0.15, 0.2) is 18.2 Å². The molecule has 2 saturated heterocycles. The number of hydrogen-bond donors (Lipinski definition) is 0. The van der Waals surface area contributed by atoms with E-state index in [1.165, 1.54) is 6.92 Å². The molecular formula is C18H19F7O4. The van der Waals surface area contributed by atoms with Crippen molar-refractivity contribution in [1.29, 1.82) is 0 Å². The lowest BCUT2D eigenvalue weighted by molar-refractivity contribution is -0.342. The van der Waals surface area contributed by atoms with Gasteiger partial charge in [-0.1, -0.05) is 17.7 Å². The van der Waals surface area contributed by atoms with E-state index in [0.717, 1.165) is 12.1 Å². The summed E-state index contributed by atoms with van der Waals surface area (Å²) in [5.74, 6) is -4.30. The molecule has 1 aromatic rings. The maximum atomic E-state index is 15.0. The Kier molecular flexibility index (Phi) is 5.65. The van der Waals surface area contributed by atoms with Crippen LogP contribution in [0.25, 0.3) is 0 Å². The smallest absolute Gasteiger partial charge is 0.371 e. The molecule has 2 fully saturated rings. The molecule has 0 aromatic heterocycles. The number of aryl methyl sites for hydroxylation is 1. The molecule has 4 nitrogen and oxygen atoms in total. The lowest BCUT2D eigenvalue weighted by Crippen LogP contribution is -2.44. The molecule has 0 aliphatic carbocycles. The predicted octanol–water partition coefficient (Wildman–Crippen LogP) is 4.29. The number of halogens is 7. The normalized spacial score (nSPS) is 26.0. The molecular weight excluding hydrogens is 413 g/mol. The fourth-order valence-corrected chi connectivity index (χ4v) is 2.70. The average Bonchev–Trinajstić information content (AvgIpc) is 3.49. The molecule has 0 saturated carbocycles. The van der Waals surface area contributed by atoms with Gasteiger partial charge < -0.3 is 18.9 Å². The van der Waals surface area contributed by atoms with E-state index in [2.05, 4.69) is 4.74 Å². The van der Waals surface area contributed by atoms with E-state index >= 15 is 4.39 Å². The second-order valence-corrected chi connectivity index (χ2v) is 7.24. The lowest BCUT2D eigenvalue weighted by atomic mass is 9.89. The maximum absolute atomic E-state index is 15.0. The molecule has 4 atom stereocenters. The summed E-state index contributed by atoms with van der Waals surface area (Å²) >= 11 is 0. The molecule has 1 aromatic carbocycles. The number of epoxide rings is 2. The van der Waals surface area contributed by atoms with E-state index in [0.29, 0.717) is 13.0 Å². The van der Waals surface area contributed by atoms with Gasteiger partial charge in [-0.05, 0) is 25.5 Å². The molecule has 0 bridgehead atoms. The maximum Gasteiger partial charge on any atom is 0.453 e. The highest BCUT2D eigenvalue weighted by Gasteiger charge is 2.61. The van der Waals surface area contributed by atoms with E-state index in [4.69, 9.17) is 14.2 Å². The van der Waals surface area contributed by atoms with Crippen molar-refractivity contribution in [1.82, 2.24) is 0 Å². The van der Waals surface area contributed by atoms with Gasteiger partial charge in [-0.25, -0.2) is 0 Å². The van der Waals surface area contributed by atoms with Crippen LogP contribution in [0.3, 0.4) is 0 Å². The molecule has 2 heterocycles. The summed E-state index contributed by atoms with van der Waals surface area (Å²) in [6.07, 6.45) is -11.7. The molecule has 0 amide bonds. The SMILES string of the molecule is Cc1cc(C(C)(OCC2CO2)C(F)(F)F)cc(C(F)(OCC2CO2)C(F)(F)F)c1. The molecule has 3 rings (SSSR count). The van der Waals surface area contributed by atoms with Crippen molar-refractivity contribution >= 4 is 0 Å². The molecule has 2 aliphatic rings. The highest BCUT2D eigenvalue weighted by molar-refractivity contribution is 5.37. The Morgan fingerprint density at radius 1 is 0.828 bits per heavy atom. The zero-order valence-electron chi connectivity index (χ0n) is 15.5. The number of ether oxygens (including phenoxy) is 4. The molecule has 0 N–H and O–H groups in total. The monoisotopic (exact) mass is 432 g/mol. The number of rotatable bonds is 8. The first-order valence-electron chi connectivity index (χ1n) is 8.72. The summed E-state index contributed by atoms with van der Waals surface area (Å²) in [5.41, 5.74) is -4.75. The molecule has 0 spiro atoms. The molecule has 164 valence electrons. The van der Waals surface area contributed by atoms with Gasteiger partial charge in [0, 0.05) is 5.56 Å². The highest BCUT2D eigenvalue weighted by Crippen LogP contribution is 2.48. The van der Waals surface area contributed by atoms with Crippen molar-refractivity contribution in [2.45, 2.75) is 49.9 Å². The van der Waals surface area contributed by atoms with Crippen LogP contribution in [0.2, 0.25) is 0 Å². The van der Waals surface area contributed by atoms with Crippen molar-refractivity contribution in [2.24, 2.45) is 0 Å². The zero-order valence-corrected chi connectivity index (χ0v) is 15.5. The third-order valence-electron chi connectivity index (χ3n) is 4.74. The fraction of sp³-hybridized carbons (Fsp3) is 0.667. The third-order valence-corrected chi connectivity index (χ3v) is 4.74. The van der Waals surface area contributed by atoms with Crippen LogP contribution in [0, 0.1) is 6.92 Å². The Morgan fingerprint density at radius 2 is 1.31 bits per heavy atom. The van der Waals surface area contributed by atoms with Gasteiger partial charge in [0.05, 0.1) is 26.4 Å². The Labute approximate surface area is 161 Å². The van der Waals surface area contributed by atoms with Crippen LogP contribution in [-0.2, 0) is 30.4 Å². The molecule has 4 unspecified atom stereocenters. The van der Waals surface area contributed by atoms with Crippen LogP contribution in [0.1, 0.15) is 23.6 Å². The van der Waals surface area contributed by atoms with Crippen LogP contribution >= 0.6 is 0 Å². The van der Waals surface area contributed by atoms with Gasteiger partial charge in [-0.15, -0.1) is 0 Å². The van der Waals surface area contributed by atoms with Gasteiger partial charge in [-0.3, -0.25) is 0 Å². The summed E-state index contributed by atoms with van der Waals surface area (Å²) in [6, 6.07) is 2.28. The minimum absolute atomic E-state index is 0.0169. The summed E-state index contributed by atoms with van der Waals surface area (Å²) in [6.45, 7) is 1.19. The van der Waals surface area contributed by atoms with Gasteiger partial charge in [0.15, 0.2) is 5.60 Å². The van der Waals surface area contributed by atoms with Crippen molar-refractivity contribution < 1.29 is 49.7 Å². The van der Waals surface area contributed by atoms with Gasteiger partial charge in [0.2, 0.25) is 0 Å². The minimum atomic E-state index is -5.52. The first-order chi connectivity index (χ1) is 13.3. The zero-order chi connectivity index (χ0) is 21.7. The van der Waals surface area contributed by atoms with Crippen LogP contribution in [0.4, 0.5) is 30.7 Å². The van der Waals surface area contributed by atoms with E-state index < -0.39 is 60.4 Å². The summed E-state index contributed by atoms with van der Waals surface area (Å²) in [5, 5.41) is 0. The Morgan fingerprint density at radius 3 is 1.76 bits per heavy atom. The van der Waals surface area contributed by atoms with Crippen molar-refractivity contribution in [3.63, 3.8) is 0 Å². The second kappa shape index (κ2) is 7.36. The number of hydrogen-bond acceptors (Lipinski definition) is 4. The Hall–Kier alpha value is -1.43. The Bertz CT molecular complexity index is 684. The molecule has 2 aliphatic heterocycles. The molecule has 0 radical (unpaired) electrons. The average molecular weight is 432 g/mol. The summed E-state index contributed by atoms with van der Waals surface area (Å²) in [4.78, 5) is 0. The van der Waals surface area contributed by atoms with Gasteiger partial charge in [-0.2, -0.15) is 30.7 Å².